The quantitative estimate of drug-likeness (QED) is 0.784. The van der Waals surface area contributed by atoms with Gasteiger partial charge in [-0.1, -0.05) is 6.92 Å². The Balaban J connectivity index is 1.64. The maximum absolute atomic E-state index is 8.92. The van der Waals surface area contributed by atoms with Gasteiger partial charge in [0.1, 0.15) is 0 Å². The van der Waals surface area contributed by atoms with Crippen LogP contribution in [0.5, 0.6) is 0 Å². The molecule has 0 spiro atoms. The Hall–Kier alpha value is -1.27. The van der Waals surface area contributed by atoms with Crippen LogP contribution in [0, 0.1) is 22.7 Å². The molecule has 0 radical (unpaired) electrons. The first-order valence-electron chi connectivity index (χ1n) is 8.02. The lowest BCUT2D eigenvalue weighted by atomic mass is 10.0. The highest BCUT2D eigenvalue weighted by atomic mass is 15.0. The number of nitriles is 1. The molecule has 108 valence electrons. The van der Waals surface area contributed by atoms with Crippen LogP contribution in [0.25, 0.3) is 0 Å². The average molecular weight is 271 g/mol. The monoisotopic (exact) mass is 271 g/mol. The van der Waals surface area contributed by atoms with E-state index in [1.807, 2.05) is 0 Å². The Morgan fingerprint density at radius 3 is 2.90 bits per heavy atom. The molecule has 1 aromatic heterocycles. The van der Waals surface area contributed by atoms with Gasteiger partial charge in [0, 0.05) is 36.8 Å². The average Bonchev–Trinajstić information content (AvgIpc) is 3.34. The summed E-state index contributed by atoms with van der Waals surface area (Å²) in [6, 6.07) is 5.17. The Morgan fingerprint density at radius 1 is 1.50 bits per heavy atom. The van der Waals surface area contributed by atoms with Gasteiger partial charge < -0.3 is 9.88 Å². The highest BCUT2D eigenvalue weighted by molar-refractivity contribution is 5.19. The molecule has 0 saturated heterocycles. The van der Waals surface area contributed by atoms with Crippen molar-refractivity contribution in [1.29, 1.82) is 5.26 Å². The molecule has 0 bridgehead atoms. The van der Waals surface area contributed by atoms with Gasteiger partial charge in [0.05, 0.1) is 6.07 Å². The molecule has 2 fully saturated rings. The van der Waals surface area contributed by atoms with Crippen molar-refractivity contribution in [2.45, 2.75) is 58.0 Å². The minimum absolute atomic E-state index is 0.289. The normalized spacial score (nSPS) is 21.4. The summed E-state index contributed by atoms with van der Waals surface area (Å²) < 4.78 is 2.31. The summed E-state index contributed by atoms with van der Waals surface area (Å²) in [6.07, 6.45) is 11.6. The molecule has 0 amide bonds. The van der Waals surface area contributed by atoms with Crippen LogP contribution in [0.3, 0.4) is 0 Å². The molecule has 1 N–H and O–H groups in total. The van der Waals surface area contributed by atoms with E-state index >= 15 is 0 Å². The van der Waals surface area contributed by atoms with E-state index in [-0.39, 0.29) is 5.41 Å². The van der Waals surface area contributed by atoms with Gasteiger partial charge in [0.15, 0.2) is 0 Å². The smallest absolute Gasteiger partial charge is 0.0628 e. The fraction of sp³-hybridized carbons (Fsp3) is 0.706. The van der Waals surface area contributed by atoms with Crippen molar-refractivity contribution in [3.63, 3.8) is 0 Å². The van der Waals surface area contributed by atoms with Crippen LogP contribution in [0.4, 0.5) is 0 Å². The zero-order valence-corrected chi connectivity index (χ0v) is 12.4. The highest BCUT2D eigenvalue weighted by Crippen LogP contribution is 2.50. The molecule has 1 unspecified atom stereocenters. The van der Waals surface area contributed by atoms with Crippen molar-refractivity contribution in [1.82, 2.24) is 9.88 Å². The number of hydrogen-bond acceptors (Lipinski definition) is 2. The van der Waals surface area contributed by atoms with Gasteiger partial charge >= 0.3 is 0 Å². The Kier molecular flexibility index (Phi) is 3.85. The van der Waals surface area contributed by atoms with Crippen LogP contribution in [0.1, 0.15) is 57.1 Å². The lowest BCUT2D eigenvalue weighted by molar-refractivity contribution is 0.429. The Morgan fingerprint density at radius 2 is 2.30 bits per heavy atom. The van der Waals surface area contributed by atoms with E-state index in [0.717, 1.165) is 19.0 Å². The summed E-state index contributed by atoms with van der Waals surface area (Å²) in [5.74, 6) is 0.839. The topological polar surface area (TPSA) is 40.8 Å². The largest absolute Gasteiger partial charge is 0.353 e. The van der Waals surface area contributed by atoms with Gasteiger partial charge in [-0.25, -0.2) is 0 Å². The van der Waals surface area contributed by atoms with E-state index in [9.17, 15) is 0 Å². The van der Waals surface area contributed by atoms with Crippen molar-refractivity contribution in [2.24, 2.45) is 11.3 Å². The lowest BCUT2D eigenvalue weighted by Crippen LogP contribution is -2.23. The Labute approximate surface area is 122 Å². The third kappa shape index (κ3) is 3.07. The molecule has 0 aromatic carbocycles. The fourth-order valence-corrected chi connectivity index (χ4v) is 3.15. The molecular weight excluding hydrogens is 246 g/mol. The third-order valence-corrected chi connectivity index (χ3v) is 4.77. The van der Waals surface area contributed by atoms with E-state index in [1.165, 1.54) is 37.7 Å². The first-order chi connectivity index (χ1) is 9.76. The van der Waals surface area contributed by atoms with Crippen LogP contribution < -0.4 is 5.32 Å². The molecule has 2 saturated carbocycles. The zero-order chi connectivity index (χ0) is 14.0. The molecule has 3 rings (SSSR count). The maximum Gasteiger partial charge on any atom is 0.0628 e. The highest BCUT2D eigenvalue weighted by Gasteiger charge is 2.42. The number of aromatic nitrogens is 1. The van der Waals surface area contributed by atoms with Crippen LogP contribution >= 0.6 is 0 Å². The second-order valence-electron chi connectivity index (χ2n) is 6.72. The molecule has 3 nitrogen and oxygen atoms in total. The molecule has 1 heterocycles. The standard InChI is InChI=1S/C17H25N3/c1-2-10-19-16(14-3-4-14)15-5-11-20(12-15)13-17(6-7-17)8-9-18/h5,11-12,14,16,19H,2-4,6-8,10,13H2,1H3. The van der Waals surface area contributed by atoms with Crippen LogP contribution in [-0.2, 0) is 6.54 Å². The fourth-order valence-electron chi connectivity index (χ4n) is 3.15. The van der Waals surface area contributed by atoms with Gasteiger partial charge in [-0.15, -0.1) is 0 Å². The van der Waals surface area contributed by atoms with E-state index < -0.39 is 0 Å². The minimum Gasteiger partial charge on any atom is -0.353 e. The van der Waals surface area contributed by atoms with Gasteiger partial charge in [0.25, 0.3) is 0 Å². The second kappa shape index (κ2) is 5.61. The van der Waals surface area contributed by atoms with E-state index in [4.69, 9.17) is 5.26 Å². The van der Waals surface area contributed by atoms with Gasteiger partial charge in [-0.05, 0) is 56.2 Å². The molecular formula is C17H25N3. The molecule has 1 atom stereocenters. The Bertz CT molecular complexity index is 489. The number of nitrogens with zero attached hydrogens (tertiary/aromatic N) is 2. The third-order valence-electron chi connectivity index (χ3n) is 4.77. The van der Waals surface area contributed by atoms with Gasteiger partial charge in [0.2, 0.25) is 0 Å². The van der Waals surface area contributed by atoms with Crippen molar-refractivity contribution in [3.05, 3.63) is 24.0 Å². The summed E-state index contributed by atoms with van der Waals surface area (Å²) >= 11 is 0. The van der Waals surface area contributed by atoms with Crippen LogP contribution in [-0.4, -0.2) is 11.1 Å². The van der Waals surface area contributed by atoms with Crippen molar-refractivity contribution in [2.75, 3.05) is 6.54 Å². The first kappa shape index (κ1) is 13.7. The van der Waals surface area contributed by atoms with Crippen molar-refractivity contribution in [3.8, 4) is 6.07 Å². The molecule has 0 aliphatic heterocycles. The van der Waals surface area contributed by atoms with Gasteiger partial charge in [-0.2, -0.15) is 5.26 Å². The molecule has 3 heteroatoms. The van der Waals surface area contributed by atoms with Crippen molar-refractivity contribution < 1.29 is 0 Å². The summed E-state index contributed by atoms with van der Waals surface area (Å²) in [4.78, 5) is 0. The number of hydrogen-bond donors (Lipinski definition) is 1. The van der Waals surface area contributed by atoms with E-state index in [2.05, 4.69) is 41.3 Å². The zero-order valence-electron chi connectivity index (χ0n) is 12.4. The summed E-state index contributed by atoms with van der Waals surface area (Å²) in [7, 11) is 0. The van der Waals surface area contributed by atoms with E-state index in [1.54, 1.807) is 0 Å². The van der Waals surface area contributed by atoms with Crippen LogP contribution in [0.2, 0.25) is 0 Å². The van der Waals surface area contributed by atoms with Crippen LogP contribution in [0.15, 0.2) is 18.5 Å². The minimum atomic E-state index is 0.289. The second-order valence-corrected chi connectivity index (χ2v) is 6.72. The number of nitrogens with one attached hydrogen (secondary N) is 1. The lowest BCUT2D eigenvalue weighted by Gasteiger charge is -2.17. The molecule has 2 aliphatic rings. The summed E-state index contributed by atoms with van der Waals surface area (Å²) in [6.45, 7) is 4.34. The van der Waals surface area contributed by atoms with E-state index in [0.29, 0.717) is 12.5 Å². The number of rotatable bonds is 8. The maximum atomic E-state index is 8.92. The predicted molar refractivity (Wildman–Crippen MR) is 80.1 cm³/mol. The van der Waals surface area contributed by atoms with Gasteiger partial charge in [-0.3, -0.25) is 0 Å². The summed E-state index contributed by atoms with van der Waals surface area (Å²) in [5.41, 5.74) is 1.73. The first-order valence-corrected chi connectivity index (χ1v) is 8.02. The molecule has 2 aliphatic carbocycles. The molecule has 1 aromatic rings. The summed E-state index contributed by atoms with van der Waals surface area (Å²) in [5, 5.41) is 12.6. The molecule has 20 heavy (non-hydrogen) atoms. The van der Waals surface area contributed by atoms with Crippen molar-refractivity contribution >= 4 is 0 Å². The predicted octanol–water partition coefficient (Wildman–Crippen LogP) is 3.63. The SMILES string of the molecule is CCCNC(c1ccn(CC2(CC#N)CC2)c1)C1CC1.